The zero-order valence-electron chi connectivity index (χ0n) is 16.5. The third kappa shape index (κ3) is 6.75. The molecule has 1 heterocycles. The summed E-state index contributed by atoms with van der Waals surface area (Å²) in [4.78, 5) is 37.6. The van der Waals surface area contributed by atoms with Crippen LogP contribution in [0.1, 0.15) is 39.2 Å². The number of rotatable bonds is 5. The van der Waals surface area contributed by atoms with Crippen molar-refractivity contribution in [2.45, 2.75) is 51.9 Å². The molecule has 2 unspecified atom stereocenters. The van der Waals surface area contributed by atoms with Gasteiger partial charge in [-0.1, -0.05) is 30.3 Å². The minimum Gasteiger partial charge on any atom is -0.480 e. The number of piperidine rings is 1. The highest BCUT2D eigenvalue weighted by Gasteiger charge is 2.36. The van der Waals surface area contributed by atoms with Crippen LogP contribution in [0.3, 0.4) is 0 Å². The standard InChI is InChI=1S/C20H28N2O6/c1-20(2,3)28-19(26)22-11-7-10-15(12-22)16(17(23)24)21-18(25)27-13-14-8-5-4-6-9-14/h4-6,8-9,15-16H,7,10-13H2,1-3H3,(H,21,25)(H,23,24). The maximum Gasteiger partial charge on any atom is 0.410 e. The van der Waals surface area contributed by atoms with Crippen LogP contribution in [0.25, 0.3) is 0 Å². The highest BCUT2D eigenvalue weighted by molar-refractivity contribution is 5.80. The van der Waals surface area contributed by atoms with Gasteiger partial charge in [0, 0.05) is 19.0 Å². The molecule has 1 saturated heterocycles. The fourth-order valence-electron chi connectivity index (χ4n) is 3.05. The number of nitrogens with one attached hydrogen (secondary N) is 1. The lowest BCUT2D eigenvalue weighted by Gasteiger charge is -2.36. The monoisotopic (exact) mass is 392 g/mol. The largest absolute Gasteiger partial charge is 0.480 e. The highest BCUT2D eigenvalue weighted by Crippen LogP contribution is 2.22. The number of amides is 2. The van der Waals surface area contributed by atoms with Crippen LogP contribution in [0.5, 0.6) is 0 Å². The average molecular weight is 392 g/mol. The number of likely N-dealkylation sites (tertiary alicyclic amines) is 1. The van der Waals surface area contributed by atoms with Crippen molar-refractivity contribution < 1.29 is 29.0 Å². The lowest BCUT2D eigenvalue weighted by molar-refractivity contribution is -0.141. The van der Waals surface area contributed by atoms with Gasteiger partial charge in [0.1, 0.15) is 18.2 Å². The molecular weight excluding hydrogens is 364 g/mol. The maximum absolute atomic E-state index is 12.3. The SMILES string of the molecule is CC(C)(C)OC(=O)N1CCCC(C(NC(=O)OCc2ccccc2)C(=O)O)C1. The minimum atomic E-state index is -1.16. The van der Waals surface area contributed by atoms with E-state index in [0.717, 1.165) is 5.56 Å². The summed E-state index contributed by atoms with van der Waals surface area (Å²) < 4.78 is 10.5. The summed E-state index contributed by atoms with van der Waals surface area (Å²) >= 11 is 0. The molecule has 1 aliphatic heterocycles. The quantitative estimate of drug-likeness (QED) is 0.798. The topological polar surface area (TPSA) is 105 Å². The Balaban J connectivity index is 1.93. The summed E-state index contributed by atoms with van der Waals surface area (Å²) in [5.74, 6) is -1.59. The Hall–Kier alpha value is -2.77. The van der Waals surface area contributed by atoms with Crippen LogP contribution in [0.15, 0.2) is 30.3 Å². The summed E-state index contributed by atoms with van der Waals surface area (Å²) in [6.07, 6.45) is -0.0671. The molecule has 0 aliphatic carbocycles. The van der Waals surface area contributed by atoms with E-state index in [1.807, 2.05) is 30.3 Å². The number of hydrogen-bond donors (Lipinski definition) is 2. The van der Waals surface area contributed by atoms with E-state index in [9.17, 15) is 19.5 Å². The molecule has 1 aromatic rings. The Labute approximate surface area is 164 Å². The first kappa shape index (κ1) is 21.5. The summed E-state index contributed by atoms with van der Waals surface area (Å²) in [6.45, 7) is 6.07. The van der Waals surface area contributed by atoms with Crippen LogP contribution in [-0.2, 0) is 20.9 Å². The van der Waals surface area contributed by atoms with Gasteiger partial charge in [-0.05, 0) is 39.2 Å². The molecule has 0 radical (unpaired) electrons. The van der Waals surface area contributed by atoms with Crippen molar-refractivity contribution in [2.24, 2.45) is 5.92 Å². The number of carbonyl (C=O) groups excluding carboxylic acids is 2. The van der Waals surface area contributed by atoms with Gasteiger partial charge in [0.15, 0.2) is 0 Å². The van der Waals surface area contributed by atoms with E-state index in [1.165, 1.54) is 4.90 Å². The predicted octanol–water partition coefficient (Wildman–Crippen LogP) is 3.01. The third-order valence-corrected chi connectivity index (χ3v) is 4.33. The first-order valence-electron chi connectivity index (χ1n) is 9.33. The van der Waals surface area contributed by atoms with Gasteiger partial charge in [0.05, 0.1) is 0 Å². The Bertz CT molecular complexity index is 686. The highest BCUT2D eigenvalue weighted by atomic mass is 16.6. The predicted molar refractivity (Wildman–Crippen MR) is 102 cm³/mol. The molecule has 0 bridgehead atoms. The van der Waals surface area contributed by atoms with Crippen LogP contribution < -0.4 is 5.32 Å². The van der Waals surface area contributed by atoms with Gasteiger partial charge in [-0.25, -0.2) is 14.4 Å². The van der Waals surface area contributed by atoms with Crippen molar-refractivity contribution in [3.05, 3.63) is 35.9 Å². The minimum absolute atomic E-state index is 0.0493. The zero-order chi connectivity index (χ0) is 20.7. The number of carboxylic acids is 1. The Morgan fingerprint density at radius 1 is 1.25 bits per heavy atom. The van der Waals surface area contributed by atoms with E-state index in [4.69, 9.17) is 9.47 Å². The number of ether oxygens (including phenoxy) is 2. The second kappa shape index (κ2) is 9.43. The van der Waals surface area contributed by atoms with Crippen LogP contribution in [0.4, 0.5) is 9.59 Å². The molecule has 2 N–H and O–H groups in total. The second-order valence-corrected chi connectivity index (χ2v) is 7.85. The summed E-state index contributed by atoms with van der Waals surface area (Å²) in [6, 6.07) is 7.97. The fourth-order valence-corrected chi connectivity index (χ4v) is 3.05. The van der Waals surface area contributed by atoms with Gasteiger partial charge in [-0.2, -0.15) is 0 Å². The normalized spacial score (nSPS) is 18.1. The lowest BCUT2D eigenvalue weighted by atomic mass is 9.91. The number of nitrogens with zero attached hydrogens (tertiary/aromatic N) is 1. The molecule has 2 amide bonds. The number of alkyl carbamates (subject to hydrolysis) is 1. The van der Waals surface area contributed by atoms with Crippen molar-refractivity contribution in [2.75, 3.05) is 13.1 Å². The molecule has 154 valence electrons. The second-order valence-electron chi connectivity index (χ2n) is 7.85. The Morgan fingerprint density at radius 2 is 1.93 bits per heavy atom. The van der Waals surface area contributed by atoms with Crippen molar-refractivity contribution in [1.29, 1.82) is 0 Å². The summed E-state index contributed by atoms with van der Waals surface area (Å²) in [5, 5.41) is 12.0. The van der Waals surface area contributed by atoms with E-state index in [-0.39, 0.29) is 13.2 Å². The van der Waals surface area contributed by atoms with Gasteiger partial charge < -0.3 is 24.8 Å². The van der Waals surface area contributed by atoms with E-state index < -0.39 is 35.7 Å². The van der Waals surface area contributed by atoms with E-state index in [2.05, 4.69) is 5.32 Å². The molecule has 8 heteroatoms. The number of carboxylic acid groups (broad SMARTS) is 1. The van der Waals surface area contributed by atoms with Crippen molar-refractivity contribution in [3.63, 3.8) is 0 Å². The zero-order valence-corrected chi connectivity index (χ0v) is 16.5. The Kier molecular flexibility index (Phi) is 7.25. The van der Waals surface area contributed by atoms with Gasteiger partial charge in [-0.3, -0.25) is 0 Å². The van der Waals surface area contributed by atoms with Crippen molar-refractivity contribution in [3.8, 4) is 0 Å². The van der Waals surface area contributed by atoms with Gasteiger partial charge >= 0.3 is 18.2 Å². The molecule has 0 aromatic heterocycles. The van der Waals surface area contributed by atoms with Gasteiger partial charge in [0.25, 0.3) is 0 Å². The van der Waals surface area contributed by atoms with E-state index in [1.54, 1.807) is 20.8 Å². The number of carbonyl (C=O) groups is 3. The molecule has 2 atom stereocenters. The Morgan fingerprint density at radius 3 is 2.54 bits per heavy atom. The number of aliphatic carboxylic acids is 1. The van der Waals surface area contributed by atoms with Crippen LogP contribution in [-0.4, -0.2) is 52.9 Å². The molecule has 0 spiro atoms. The molecule has 0 saturated carbocycles. The molecule has 1 aliphatic rings. The lowest BCUT2D eigenvalue weighted by Crippen LogP contribution is -2.53. The first-order chi connectivity index (χ1) is 13.2. The smallest absolute Gasteiger partial charge is 0.410 e. The fraction of sp³-hybridized carbons (Fsp3) is 0.550. The molecular formula is C20H28N2O6. The number of hydrogen-bond acceptors (Lipinski definition) is 5. The van der Waals surface area contributed by atoms with Gasteiger partial charge in [-0.15, -0.1) is 0 Å². The molecule has 8 nitrogen and oxygen atoms in total. The van der Waals surface area contributed by atoms with Gasteiger partial charge in [0.2, 0.25) is 0 Å². The molecule has 28 heavy (non-hydrogen) atoms. The van der Waals surface area contributed by atoms with E-state index in [0.29, 0.717) is 19.4 Å². The first-order valence-corrected chi connectivity index (χ1v) is 9.33. The van der Waals surface area contributed by atoms with Crippen LogP contribution in [0.2, 0.25) is 0 Å². The van der Waals surface area contributed by atoms with Crippen molar-refractivity contribution in [1.82, 2.24) is 10.2 Å². The summed E-state index contributed by atoms with van der Waals surface area (Å²) in [5.41, 5.74) is 0.175. The summed E-state index contributed by atoms with van der Waals surface area (Å²) in [7, 11) is 0. The van der Waals surface area contributed by atoms with Crippen LogP contribution >= 0.6 is 0 Å². The third-order valence-electron chi connectivity index (χ3n) is 4.33. The average Bonchev–Trinajstić information content (AvgIpc) is 2.64. The van der Waals surface area contributed by atoms with Crippen molar-refractivity contribution >= 4 is 18.2 Å². The number of benzene rings is 1. The van der Waals surface area contributed by atoms with E-state index >= 15 is 0 Å². The maximum atomic E-state index is 12.3. The molecule has 1 aromatic carbocycles. The molecule has 1 fully saturated rings. The van der Waals surface area contributed by atoms with Crippen LogP contribution in [0, 0.1) is 5.92 Å². The molecule has 2 rings (SSSR count).